The summed E-state index contributed by atoms with van der Waals surface area (Å²) in [6.07, 6.45) is 0.0724. The number of rotatable bonds is 4. The third-order valence-corrected chi connectivity index (χ3v) is 3.40. The number of amides is 1. The van der Waals surface area contributed by atoms with Crippen LogP contribution in [0.5, 0.6) is 0 Å². The van der Waals surface area contributed by atoms with Gasteiger partial charge in [0.2, 0.25) is 15.9 Å². The third-order valence-electron chi connectivity index (χ3n) is 2.16. The Bertz CT molecular complexity index is 594. The minimum Gasteiger partial charge on any atom is -0.325 e. The Morgan fingerprint density at radius 2 is 2.00 bits per heavy atom. The molecule has 0 atom stereocenters. The maximum atomic E-state index is 11.7. The van der Waals surface area contributed by atoms with E-state index in [4.69, 9.17) is 22.5 Å². The molecule has 0 unspecified atom stereocenters. The molecule has 1 aromatic carbocycles. The molecule has 19 heavy (non-hydrogen) atoms. The second kappa shape index (κ2) is 5.46. The van der Waals surface area contributed by atoms with Gasteiger partial charge in [0.15, 0.2) is 0 Å². The second-order valence-corrected chi connectivity index (χ2v) is 6.87. The average molecular weight is 306 g/mol. The number of halogens is 1. The lowest BCUT2D eigenvalue weighted by atomic mass is 10.0. The van der Waals surface area contributed by atoms with Crippen LogP contribution in [-0.4, -0.2) is 19.9 Å². The van der Waals surface area contributed by atoms with Crippen molar-refractivity contribution in [2.45, 2.75) is 30.7 Å². The maximum Gasteiger partial charge on any atom is 0.238 e. The molecule has 106 valence electrons. The number of carbonyl (C=O) groups is 1. The summed E-state index contributed by atoms with van der Waals surface area (Å²) in [6.45, 7) is 3.41. The molecular weight excluding hydrogens is 290 g/mol. The molecule has 5 N–H and O–H groups in total. The Balaban J connectivity index is 2.99. The van der Waals surface area contributed by atoms with E-state index in [1.807, 2.05) is 0 Å². The van der Waals surface area contributed by atoms with E-state index in [-0.39, 0.29) is 27.9 Å². The van der Waals surface area contributed by atoms with Crippen molar-refractivity contribution < 1.29 is 13.2 Å². The predicted molar refractivity (Wildman–Crippen MR) is 74.3 cm³/mol. The molecule has 0 aromatic heterocycles. The van der Waals surface area contributed by atoms with E-state index in [2.05, 4.69) is 5.32 Å². The van der Waals surface area contributed by atoms with Gasteiger partial charge in [0.1, 0.15) is 0 Å². The first-order chi connectivity index (χ1) is 8.49. The molecule has 0 aliphatic rings. The minimum absolute atomic E-state index is 0.0724. The van der Waals surface area contributed by atoms with E-state index < -0.39 is 15.6 Å². The largest absolute Gasteiger partial charge is 0.325 e. The first-order valence-corrected chi connectivity index (χ1v) is 7.32. The summed E-state index contributed by atoms with van der Waals surface area (Å²) < 4.78 is 22.4. The predicted octanol–water partition coefficient (Wildman–Crippen LogP) is 1.05. The van der Waals surface area contributed by atoms with Crippen molar-refractivity contribution in [1.82, 2.24) is 0 Å². The number of sulfonamides is 1. The van der Waals surface area contributed by atoms with Gasteiger partial charge in [-0.05, 0) is 32.0 Å². The number of benzene rings is 1. The van der Waals surface area contributed by atoms with Gasteiger partial charge < -0.3 is 11.1 Å². The van der Waals surface area contributed by atoms with Gasteiger partial charge in [0.05, 0.1) is 15.6 Å². The normalized spacial score (nSPS) is 12.3. The van der Waals surface area contributed by atoms with E-state index >= 15 is 0 Å². The first-order valence-electron chi connectivity index (χ1n) is 5.40. The van der Waals surface area contributed by atoms with Crippen molar-refractivity contribution in [1.29, 1.82) is 0 Å². The lowest BCUT2D eigenvalue weighted by molar-refractivity contribution is -0.117. The van der Waals surface area contributed by atoms with Crippen LogP contribution in [0.3, 0.4) is 0 Å². The third kappa shape index (κ3) is 5.15. The maximum absolute atomic E-state index is 11.7. The zero-order valence-electron chi connectivity index (χ0n) is 10.6. The Morgan fingerprint density at radius 3 is 2.47 bits per heavy atom. The minimum atomic E-state index is -3.85. The number of nitrogens with one attached hydrogen (secondary N) is 1. The second-order valence-electron chi connectivity index (χ2n) is 4.90. The molecule has 0 bridgehead atoms. The van der Waals surface area contributed by atoms with Crippen LogP contribution in [0.4, 0.5) is 5.69 Å². The van der Waals surface area contributed by atoms with Crippen LogP contribution >= 0.6 is 11.6 Å². The van der Waals surface area contributed by atoms with Crippen LogP contribution in [0.25, 0.3) is 0 Å². The number of carbonyl (C=O) groups excluding carboxylic acids is 1. The molecule has 0 saturated carbocycles. The van der Waals surface area contributed by atoms with Crippen molar-refractivity contribution >= 4 is 33.2 Å². The Morgan fingerprint density at radius 1 is 1.42 bits per heavy atom. The van der Waals surface area contributed by atoms with Gasteiger partial charge in [-0.25, -0.2) is 13.6 Å². The van der Waals surface area contributed by atoms with Gasteiger partial charge in [-0.15, -0.1) is 0 Å². The monoisotopic (exact) mass is 305 g/mol. The van der Waals surface area contributed by atoms with E-state index in [0.717, 1.165) is 0 Å². The molecule has 1 amide bonds. The SMILES string of the molecule is CC(C)(N)CC(=O)Nc1cc(S(N)(=O)=O)ccc1Cl. The standard InChI is InChI=1S/C11H16ClN3O3S/c1-11(2,13)6-10(16)15-9-5-7(19(14,17)18)3-4-8(9)12/h3-5H,6,13H2,1-2H3,(H,15,16)(H2,14,17,18). The molecule has 0 aliphatic carbocycles. The van der Waals surface area contributed by atoms with Crippen LogP contribution < -0.4 is 16.2 Å². The molecule has 1 rings (SSSR count). The number of hydrogen-bond acceptors (Lipinski definition) is 4. The lowest BCUT2D eigenvalue weighted by Crippen LogP contribution is -2.36. The summed E-state index contributed by atoms with van der Waals surface area (Å²) in [5, 5.41) is 7.73. The summed E-state index contributed by atoms with van der Waals surface area (Å²) in [6, 6.07) is 3.82. The van der Waals surface area contributed by atoms with Gasteiger partial charge in [-0.2, -0.15) is 0 Å². The molecule has 0 spiro atoms. The summed E-state index contributed by atoms with van der Waals surface area (Å²) in [7, 11) is -3.85. The number of hydrogen-bond donors (Lipinski definition) is 3. The molecular formula is C11H16ClN3O3S. The first kappa shape index (κ1) is 15.9. The average Bonchev–Trinajstić information content (AvgIpc) is 2.16. The van der Waals surface area contributed by atoms with Crippen molar-refractivity contribution in [3.63, 3.8) is 0 Å². The van der Waals surface area contributed by atoms with Crippen molar-refractivity contribution in [2.75, 3.05) is 5.32 Å². The fourth-order valence-corrected chi connectivity index (χ4v) is 2.09. The van der Waals surface area contributed by atoms with Gasteiger partial charge >= 0.3 is 0 Å². The fourth-order valence-electron chi connectivity index (χ4n) is 1.39. The highest BCUT2D eigenvalue weighted by Crippen LogP contribution is 2.25. The molecule has 6 nitrogen and oxygen atoms in total. The summed E-state index contributed by atoms with van der Waals surface area (Å²) in [5.41, 5.74) is 5.23. The highest BCUT2D eigenvalue weighted by Gasteiger charge is 2.18. The highest BCUT2D eigenvalue weighted by atomic mass is 35.5. The Labute approximate surface area is 117 Å². The molecule has 0 fully saturated rings. The zero-order valence-corrected chi connectivity index (χ0v) is 12.2. The van der Waals surface area contributed by atoms with Crippen LogP contribution in [0, 0.1) is 0 Å². The quantitative estimate of drug-likeness (QED) is 0.771. The van der Waals surface area contributed by atoms with Crippen LogP contribution in [0.2, 0.25) is 5.02 Å². The number of primary sulfonamides is 1. The van der Waals surface area contributed by atoms with Crippen LogP contribution in [-0.2, 0) is 14.8 Å². The van der Waals surface area contributed by atoms with Crippen molar-refractivity contribution in [3.8, 4) is 0 Å². The lowest BCUT2D eigenvalue weighted by Gasteiger charge is -2.18. The van der Waals surface area contributed by atoms with Gasteiger partial charge in [0.25, 0.3) is 0 Å². The molecule has 8 heteroatoms. The number of anilines is 1. The fraction of sp³-hybridized carbons (Fsp3) is 0.364. The Kier molecular flexibility index (Phi) is 4.57. The number of nitrogens with two attached hydrogens (primary N) is 2. The Hall–Kier alpha value is -1.15. The molecule has 0 aliphatic heterocycles. The van der Waals surface area contributed by atoms with Gasteiger partial charge in [-0.1, -0.05) is 11.6 Å². The zero-order chi connectivity index (χ0) is 14.8. The van der Waals surface area contributed by atoms with Crippen molar-refractivity contribution in [2.24, 2.45) is 10.9 Å². The molecule has 0 heterocycles. The molecule has 0 radical (unpaired) electrons. The summed E-state index contributed by atoms with van der Waals surface area (Å²) in [4.78, 5) is 11.6. The van der Waals surface area contributed by atoms with Crippen molar-refractivity contribution in [3.05, 3.63) is 23.2 Å². The van der Waals surface area contributed by atoms with E-state index in [9.17, 15) is 13.2 Å². The van der Waals surface area contributed by atoms with Gasteiger partial charge in [-0.3, -0.25) is 4.79 Å². The van der Waals surface area contributed by atoms with Crippen LogP contribution in [0.1, 0.15) is 20.3 Å². The summed E-state index contributed by atoms with van der Waals surface area (Å²) >= 11 is 5.88. The van der Waals surface area contributed by atoms with Crippen LogP contribution in [0.15, 0.2) is 23.1 Å². The topological polar surface area (TPSA) is 115 Å². The highest BCUT2D eigenvalue weighted by molar-refractivity contribution is 7.89. The van der Waals surface area contributed by atoms with Gasteiger partial charge in [0, 0.05) is 12.0 Å². The molecule has 1 aromatic rings. The van der Waals surface area contributed by atoms with E-state index in [0.29, 0.717) is 0 Å². The molecule has 0 saturated heterocycles. The van der Waals surface area contributed by atoms with E-state index in [1.54, 1.807) is 13.8 Å². The van der Waals surface area contributed by atoms with E-state index in [1.165, 1.54) is 18.2 Å². The smallest absolute Gasteiger partial charge is 0.238 e. The summed E-state index contributed by atoms with van der Waals surface area (Å²) in [5.74, 6) is -0.360.